The second-order valence-corrected chi connectivity index (χ2v) is 10.1. The number of β-amino-alcohol motifs (C(OH)–C–C–N with tert-alkyl or cyclic N) is 1. The Morgan fingerprint density at radius 1 is 1.28 bits per heavy atom. The fourth-order valence-electron chi connectivity index (χ4n) is 6.12. The van der Waals surface area contributed by atoms with Gasteiger partial charge in [-0.2, -0.15) is 0 Å². The molecule has 1 N–H and O–H groups in total. The molecule has 4 rings (SSSR count). The van der Waals surface area contributed by atoms with Gasteiger partial charge in [-0.25, -0.2) is 4.79 Å². The summed E-state index contributed by atoms with van der Waals surface area (Å²) in [7, 11) is 1.74. The van der Waals surface area contributed by atoms with Crippen molar-refractivity contribution >= 4 is 6.09 Å². The Hall–Kier alpha value is -1.11. The van der Waals surface area contributed by atoms with E-state index in [0.717, 1.165) is 25.9 Å². The molecule has 0 aromatic rings. The van der Waals surface area contributed by atoms with Crippen LogP contribution in [-0.4, -0.2) is 66.8 Å². The minimum Gasteiger partial charge on any atom is -0.443 e. The quantitative estimate of drug-likeness (QED) is 0.558. The van der Waals surface area contributed by atoms with Crippen LogP contribution in [0.1, 0.15) is 59.3 Å². The van der Waals surface area contributed by atoms with E-state index in [4.69, 9.17) is 14.2 Å². The van der Waals surface area contributed by atoms with Crippen LogP contribution in [0, 0.1) is 17.3 Å². The van der Waals surface area contributed by atoms with Crippen molar-refractivity contribution in [2.45, 2.75) is 83.2 Å². The van der Waals surface area contributed by atoms with Gasteiger partial charge in [0.15, 0.2) is 0 Å². The third-order valence-electron chi connectivity index (χ3n) is 8.06. The van der Waals surface area contributed by atoms with Crippen LogP contribution in [0.5, 0.6) is 0 Å². The highest BCUT2D eigenvalue weighted by atomic mass is 16.6. The molecule has 0 aromatic heterocycles. The first-order chi connectivity index (χ1) is 13.8. The second kappa shape index (κ2) is 7.86. The number of methoxy groups -OCH3 is 1. The number of nitrogens with zero attached hydrogens (tertiary/aromatic N) is 1. The van der Waals surface area contributed by atoms with E-state index in [1.165, 1.54) is 18.4 Å². The monoisotopic (exact) mass is 407 g/mol. The number of hydrogen-bond acceptors (Lipinski definition) is 5. The van der Waals surface area contributed by atoms with Crippen molar-refractivity contribution in [3.8, 4) is 0 Å². The SMILES string of the molecule is CO[C@@H]1[C@H](OC(=O)N2CCC(O)C2)CCC2(CO2)[C@H]1[C@@]1(C)CC[C@@H]1CC=C(C)C. The molecule has 4 fully saturated rings. The van der Waals surface area contributed by atoms with Gasteiger partial charge in [-0.3, -0.25) is 0 Å². The molecule has 2 aliphatic carbocycles. The standard InChI is InChI=1S/C23H37NO5/c1-15(2)5-6-16-7-10-22(16,3)20-19(27-4)18(8-11-23(20)14-28-23)29-21(26)24-12-9-17(25)13-24/h5,16-20,25H,6-14H2,1-4H3/t16-,17?,18+,19+,20+,22-,23?/m0/s1. The Labute approximate surface area is 174 Å². The largest absolute Gasteiger partial charge is 0.443 e. The summed E-state index contributed by atoms with van der Waals surface area (Å²) < 4.78 is 18.1. The van der Waals surface area contributed by atoms with Crippen LogP contribution in [0.15, 0.2) is 11.6 Å². The third kappa shape index (κ3) is 3.84. The molecule has 164 valence electrons. The molecule has 7 atom stereocenters. The topological polar surface area (TPSA) is 71.5 Å². The molecule has 2 saturated carbocycles. The number of carbonyl (C=O) groups excluding carboxylic acids is 1. The average Bonchev–Trinajstić information content (AvgIpc) is 3.30. The second-order valence-electron chi connectivity index (χ2n) is 10.1. The first kappa shape index (κ1) is 21.1. The van der Waals surface area contributed by atoms with Crippen molar-refractivity contribution in [3.63, 3.8) is 0 Å². The minimum absolute atomic E-state index is 0.105. The molecule has 0 radical (unpaired) electrons. The zero-order chi connectivity index (χ0) is 20.8. The molecular weight excluding hydrogens is 370 g/mol. The van der Waals surface area contributed by atoms with Gasteiger partial charge < -0.3 is 24.2 Å². The Bertz CT molecular complexity index is 656. The van der Waals surface area contributed by atoms with Gasteiger partial charge in [0, 0.05) is 26.1 Å². The fourth-order valence-corrected chi connectivity index (χ4v) is 6.12. The van der Waals surface area contributed by atoms with Crippen LogP contribution in [0.25, 0.3) is 0 Å². The third-order valence-corrected chi connectivity index (χ3v) is 8.06. The first-order valence-corrected chi connectivity index (χ1v) is 11.2. The van der Waals surface area contributed by atoms with E-state index in [9.17, 15) is 9.90 Å². The lowest BCUT2D eigenvalue weighted by molar-refractivity contribution is -0.173. The predicted molar refractivity (Wildman–Crippen MR) is 110 cm³/mol. The molecule has 29 heavy (non-hydrogen) atoms. The van der Waals surface area contributed by atoms with Gasteiger partial charge in [-0.15, -0.1) is 0 Å². The molecule has 2 aliphatic heterocycles. The van der Waals surface area contributed by atoms with Gasteiger partial charge >= 0.3 is 6.09 Å². The van der Waals surface area contributed by atoms with Crippen LogP contribution in [0.4, 0.5) is 4.79 Å². The lowest BCUT2D eigenvalue weighted by Crippen LogP contribution is -2.60. The Morgan fingerprint density at radius 3 is 2.55 bits per heavy atom. The number of epoxide rings is 1. The summed E-state index contributed by atoms with van der Waals surface area (Å²) in [5.41, 5.74) is 1.40. The first-order valence-electron chi connectivity index (χ1n) is 11.2. The fraction of sp³-hybridized carbons (Fsp3) is 0.870. The minimum atomic E-state index is -0.437. The molecule has 1 amide bonds. The van der Waals surface area contributed by atoms with E-state index < -0.39 is 6.10 Å². The van der Waals surface area contributed by atoms with Gasteiger partial charge in [-0.1, -0.05) is 18.6 Å². The van der Waals surface area contributed by atoms with E-state index >= 15 is 0 Å². The summed E-state index contributed by atoms with van der Waals surface area (Å²) in [6.07, 6.45) is 7.00. The van der Waals surface area contributed by atoms with Gasteiger partial charge in [0.1, 0.15) is 12.2 Å². The summed E-state index contributed by atoms with van der Waals surface area (Å²) in [5.74, 6) is 0.851. The number of rotatable bonds is 5. The van der Waals surface area contributed by atoms with Crippen LogP contribution >= 0.6 is 0 Å². The van der Waals surface area contributed by atoms with Crippen molar-refractivity contribution in [2.24, 2.45) is 17.3 Å². The van der Waals surface area contributed by atoms with Crippen molar-refractivity contribution in [3.05, 3.63) is 11.6 Å². The van der Waals surface area contributed by atoms with Gasteiger partial charge in [0.05, 0.1) is 18.3 Å². The van der Waals surface area contributed by atoms with Gasteiger partial charge in [0.2, 0.25) is 0 Å². The van der Waals surface area contributed by atoms with Crippen molar-refractivity contribution < 1.29 is 24.1 Å². The maximum Gasteiger partial charge on any atom is 0.410 e. The average molecular weight is 408 g/mol. The molecule has 6 nitrogen and oxygen atoms in total. The van der Waals surface area contributed by atoms with Crippen LogP contribution < -0.4 is 0 Å². The van der Waals surface area contributed by atoms with Crippen molar-refractivity contribution in [2.75, 3.05) is 26.8 Å². The van der Waals surface area contributed by atoms with E-state index in [1.54, 1.807) is 12.0 Å². The Morgan fingerprint density at radius 2 is 2.03 bits per heavy atom. The molecule has 4 aliphatic rings. The van der Waals surface area contributed by atoms with E-state index in [0.29, 0.717) is 25.4 Å². The van der Waals surface area contributed by atoms with E-state index in [-0.39, 0.29) is 35.2 Å². The number of ether oxygens (including phenoxy) is 3. The van der Waals surface area contributed by atoms with Crippen molar-refractivity contribution in [1.29, 1.82) is 0 Å². The number of hydrogen-bond donors (Lipinski definition) is 1. The van der Waals surface area contributed by atoms with Gasteiger partial charge in [0.25, 0.3) is 0 Å². The zero-order valence-corrected chi connectivity index (χ0v) is 18.4. The summed E-state index contributed by atoms with van der Waals surface area (Å²) in [5, 5.41) is 9.74. The summed E-state index contributed by atoms with van der Waals surface area (Å²) in [6, 6.07) is 0. The normalized spacial score (nSPS) is 43.8. The molecule has 1 spiro atoms. The maximum atomic E-state index is 12.7. The molecule has 0 bridgehead atoms. The smallest absolute Gasteiger partial charge is 0.410 e. The zero-order valence-electron chi connectivity index (χ0n) is 18.4. The number of likely N-dealkylation sites (tertiary alicyclic amines) is 1. The molecular formula is C23H37NO5. The number of amides is 1. The highest BCUT2D eigenvalue weighted by Crippen LogP contribution is 2.63. The molecule has 0 aromatic carbocycles. The Kier molecular flexibility index (Phi) is 5.73. The lowest BCUT2D eigenvalue weighted by Gasteiger charge is -2.58. The molecule has 2 heterocycles. The van der Waals surface area contributed by atoms with Crippen LogP contribution in [-0.2, 0) is 14.2 Å². The summed E-state index contributed by atoms with van der Waals surface area (Å²) >= 11 is 0. The van der Waals surface area contributed by atoms with E-state index in [1.807, 2.05) is 0 Å². The number of aliphatic hydroxyl groups is 1. The van der Waals surface area contributed by atoms with Gasteiger partial charge in [-0.05, 0) is 63.7 Å². The highest BCUT2D eigenvalue weighted by Gasteiger charge is 2.67. The summed E-state index contributed by atoms with van der Waals surface area (Å²) in [4.78, 5) is 14.3. The number of aliphatic hydroxyl groups excluding tert-OH is 1. The summed E-state index contributed by atoms with van der Waals surface area (Å²) in [6.45, 7) is 8.42. The predicted octanol–water partition coefficient (Wildman–Crippen LogP) is 3.52. The molecule has 6 heteroatoms. The Balaban J connectivity index is 1.51. The molecule has 2 unspecified atom stereocenters. The maximum absolute atomic E-state index is 12.7. The van der Waals surface area contributed by atoms with E-state index in [2.05, 4.69) is 26.8 Å². The number of allylic oxidation sites excluding steroid dienone is 2. The number of carbonyl (C=O) groups is 1. The van der Waals surface area contributed by atoms with Crippen LogP contribution in [0.2, 0.25) is 0 Å². The van der Waals surface area contributed by atoms with Crippen LogP contribution in [0.3, 0.4) is 0 Å². The van der Waals surface area contributed by atoms with Crippen molar-refractivity contribution in [1.82, 2.24) is 4.90 Å². The lowest BCUT2D eigenvalue weighted by atomic mass is 9.48. The highest BCUT2D eigenvalue weighted by molar-refractivity contribution is 5.68. The molecule has 2 saturated heterocycles.